The Bertz CT molecular complexity index is 1130. The number of rotatable bonds is 8. The minimum Gasteiger partial charge on any atom is -0.351 e. The monoisotopic (exact) mass is 493 g/mol. The van der Waals surface area contributed by atoms with Gasteiger partial charge >= 0.3 is 0 Å². The van der Waals surface area contributed by atoms with Crippen LogP contribution in [0.1, 0.15) is 48.4 Å². The second kappa shape index (κ2) is 11.3. The van der Waals surface area contributed by atoms with Crippen molar-refractivity contribution in [2.24, 2.45) is 0 Å². The van der Waals surface area contributed by atoms with Crippen molar-refractivity contribution in [2.45, 2.75) is 44.7 Å². The van der Waals surface area contributed by atoms with E-state index in [1.165, 1.54) is 40.6 Å². The topological polar surface area (TPSA) is 78.5 Å². The van der Waals surface area contributed by atoms with Crippen molar-refractivity contribution in [1.29, 1.82) is 0 Å². The van der Waals surface area contributed by atoms with Crippen LogP contribution < -0.4 is 15.5 Å². The van der Waals surface area contributed by atoms with E-state index in [0.717, 1.165) is 35.4 Å². The molecule has 6 nitrogen and oxygen atoms in total. The summed E-state index contributed by atoms with van der Waals surface area (Å²) in [7, 11) is 0. The van der Waals surface area contributed by atoms with Gasteiger partial charge in [0.1, 0.15) is 6.04 Å². The molecule has 1 aromatic carbocycles. The Labute approximate surface area is 207 Å². The van der Waals surface area contributed by atoms with Crippen LogP contribution in [-0.2, 0) is 14.4 Å². The standard InChI is InChI=1S/C26H27N3O3S2/c1-18(30)27-20-10-12-21(13-11-20)29(24(31)15-14-22-8-4-16-33-22)25(23-9-5-17-34-23)26(32)28-19-6-2-3-7-19/h4-5,8-17,19,25H,2-3,6-7H2,1H3,(H,27,30)(H,28,32)/b15-14+. The Kier molecular flexibility index (Phi) is 7.92. The summed E-state index contributed by atoms with van der Waals surface area (Å²) in [6.45, 7) is 1.44. The molecule has 8 heteroatoms. The van der Waals surface area contributed by atoms with E-state index in [4.69, 9.17) is 0 Å². The van der Waals surface area contributed by atoms with E-state index in [9.17, 15) is 14.4 Å². The molecule has 2 aromatic heterocycles. The minimum absolute atomic E-state index is 0.135. The van der Waals surface area contributed by atoms with E-state index < -0.39 is 6.04 Å². The number of hydrogen-bond acceptors (Lipinski definition) is 5. The lowest BCUT2D eigenvalue weighted by Gasteiger charge is -2.31. The van der Waals surface area contributed by atoms with Crippen LogP contribution in [0.25, 0.3) is 6.08 Å². The average molecular weight is 494 g/mol. The van der Waals surface area contributed by atoms with Crippen molar-refractivity contribution in [3.8, 4) is 0 Å². The molecule has 0 radical (unpaired) electrons. The number of amides is 3. The minimum atomic E-state index is -0.798. The molecule has 0 bridgehead atoms. The SMILES string of the molecule is CC(=O)Nc1ccc(N(C(=O)/C=C/c2cccs2)C(C(=O)NC2CCCC2)c2cccs2)cc1. The first-order valence-electron chi connectivity index (χ1n) is 11.3. The van der Waals surface area contributed by atoms with Crippen LogP contribution in [0.5, 0.6) is 0 Å². The van der Waals surface area contributed by atoms with Crippen LogP contribution in [-0.4, -0.2) is 23.8 Å². The Balaban J connectivity index is 1.70. The zero-order valence-corrected chi connectivity index (χ0v) is 20.5. The van der Waals surface area contributed by atoms with Gasteiger partial charge in [-0.15, -0.1) is 22.7 Å². The number of thiophene rings is 2. The molecular weight excluding hydrogens is 466 g/mol. The molecular formula is C26H27N3O3S2. The Morgan fingerprint density at radius 3 is 2.32 bits per heavy atom. The zero-order valence-electron chi connectivity index (χ0n) is 18.9. The molecule has 1 atom stereocenters. The fourth-order valence-corrected chi connectivity index (χ4v) is 5.53. The lowest BCUT2D eigenvalue weighted by molar-refractivity contribution is -0.125. The molecule has 3 amide bonds. The smallest absolute Gasteiger partial charge is 0.252 e. The van der Waals surface area contributed by atoms with Crippen molar-refractivity contribution >= 4 is 57.8 Å². The maximum atomic E-state index is 13.6. The number of carbonyl (C=O) groups is 3. The number of carbonyl (C=O) groups excluding carboxylic acids is 3. The molecule has 3 aromatic rings. The third-order valence-electron chi connectivity index (χ3n) is 5.66. The van der Waals surface area contributed by atoms with E-state index in [2.05, 4.69) is 10.6 Å². The van der Waals surface area contributed by atoms with Gasteiger partial charge in [-0.05, 0) is 66.1 Å². The molecule has 0 saturated heterocycles. The second-order valence-corrected chi connectivity index (χ2v) is 10.2. The van der Waals surface area contributed by atoms with Crippen molar-refractivity contribution in [3.05, 3.63) is 75.1 Å². The number of anilines is 2. The summed E-state index contributed by atoms with van der Waals surface area (Å²) in [5, 5.41) is 9.78. The van der Waals surface area contributed by atoms with E-state index in [1.54, 1.807) is 30.3 Å². The second-order valence-electron chi connectivity index (χ2n) is 8.19. The lowest BCUT2D eigenvalue weighted by atomic mass is 10.1. The highest BCUT2D eigenvalue weighted by Crippen LogP contribution is 2.32. The highest BCUT2D eigenvalue weighted by Gasteiger charge is 2.34. The van der Waals surface area contributed by atoms with Gasteiger partial charge in [-0.2, -0.15) is 0 Å². The van der Waals surface area contributed by atoms with Crippen LogP contribution in [0.3, 0.4) is 0 Å². The maximum Gasteiger partial charge on any atom is 0.252 e. The maximum absolute atomic E-state index is 13.6. The summed E-state index contributed by atoms with van der Waals surface area (Å²) < 4.78 is 0. The summed E-state index contributed by atoms with van der Waals surface area (Å²) in [5.74, 6) is -0.647. The molecule has 34 heavy (non-hydrogen) atoms. The first kappa shape index (κ1) is 23.9. The summed E-state index contributed by atoms with van der Waals surface area (Å²) in [5.41, 5.74) is 1.20. The average Bonchev–Trinajstić information content (AvgIpc) is 3.60. The molecule has 1 saturated carbocycles. The van der Waals surface area contributed by atoms with Crippen LogP contribution in [0.2, 0.25) is 0 Å². The van der Waals surface area contributed by atoms with Crippen molar-refractivity contribution in [3.63, 3.8) is 0 Å². The molecule has 1 aliphatic rings. The lowest BCUT2D eigenvalue weighted by Crippen LogP contribution is -2.45. The number of nitrogens with zero attached hydrogens (tertiary/aromatic N) is 1. The first-order chi connectivity index (χ1) is 16.5. The van der Waals surface area contributed by atoms with Crippen molar-refractivity contribution < 1.29 is 14.4 Å². The van der Waals surface area contributed by atoms with Crippen LogP contribution >= 0.6 is 22.7 Å². The van der Waals surface area contributed by atoms with E-state index in [1.807, 2.05) is 35.0 Å². The molecule has 4 rings (SSSR count). The van der Waals surface area contributed by atoms with Gasteiger partial charge in [0.05, 0.1) is 0 Å². The van der Waals surface area contributed by atoms with Gasteiger partial charge in [-0.25, -0.2) is 0 Å². The summed E-state index contributed by atoms with van der Waals surface area (Å²) in [4.78, 5) is 41.9. The highest BCUT2D eigenvalue weighted by molar-refractivity contribution is 7.11. The van der Waals surface area contributed by atoms with Crippen LogP contribution in [0.15, 0.2) is 65.4 Å². The number of benzene rings is 1. The summed E-state index contributed by atoms with van der Waals surface area (Å²) in [6.07, 6.45) is 7.40. The van der Waals surface area contributed by atoms with E-state index >= 15 is 0 Å². The third-order valence-corrected chi connectivity index (χ3v) is 7.42. The molecule has 2 N–H and O–H groups in total. The summed E-state index contributed by atoms with van der Waals surface area (Å²) in [6, 6.07) is 14.0. The first-order valence-corrected chi connectivity index (χ1v) is 13.0. The Hall–Kier alpha value is -3.23. The number of nitrogens with one attached hydrogen (secondary N) is 2. The molecule has 1 fully saturated rings. The quantitative estimate of drug-likeness (QED) is 0.400. The van der Waals surface area contributed by atoms with Gasteiger partial charge in [-0.3, -0.25) is 19.3 Å². The van der Waals surface area contributed by atoms with Gasteiger partial charge in [0.15, 0.2) is 0 Å². The number of hydrogen-bond donors (Lipinski definition) is 2. The van der Waals surface area contributed by atoms with E-state index in [-0.39, 0.29) is 23.8 Å². The third kappa shape index (κ3) is 6.01. The van der Waals surface area contributed by atoms with Crippen LogP contribution in [0, 0.1) is 0 Å². The van der Waals surface area contributed by atoms with Gasteiger partial charge in [0, 0.05) is 40.2 Å². The molecule has 1 unspecified atom stereocenters. The Morgan fingerprint density at radius 1 is 1.00 bits per heavy atom. The highest BCUT2D eigenvalue weighted by atomic mass is 32.1. The molecule has 176 valence electrons. The Morgan fingerprint density at radius 2 is 1.71 bits per heavy atom. The molecule has 0 aliphatic heterocycles. The molecule has 1 aliphatic carbocycles. The fraction of sp³-hybridized carbons (Fsp3) is 0.269. The molecule has 2 heterocycles. The zero-order chi connectivity index (χ0) is 23.9. The van der Waals surface area contributed by atoms with Gasteiger partial charge in [0.25, 0.3) is 5.91 Å². The summed E-state index contributed by atoms with van der Waals surface area (Å²) >= 11 is 2.99. The van der Waals surface area contributed by atoms with E-state index in [0.29, 0.717) is 11.4 Å². The predicted octanol–water partition coefficient (Wildman–Crippen LogP) is 5.61. The van der Waals surface area contributed by atoms with Gasteiger partial charge in [0.2, 0.25) is 11.8 Å². The van der Waals surface area contributed by atoms with Gasteiger partial charge < -0.3 is 10.6 Å². The van der Waals surface area contributed by atoms with Crippen molar-refractivity contribution in [2.75, 3.05) is 10.2 Å². The van der Waals surface area contributed by atoms with Crippen LogP contribution in [0.4, 0.5) is 11.4 Å². The normalized spacial score (nSPS) is 14.7. The van der Waals surface area contributed by atoms with Crippen molar-refractivity contribution in [1.82, 2.24) is 5.32 Å². The fourth-order valence-electron chi connectivity index (χ4n) is 4.10. The largest absolute Gasteiger partial charge is 0.351 e. The van der Waals surface area contributed by atoms with Gasteiger partial charge in [-0.1, -0.05) is 25.0 Å². The molecule has 0 spiro atoms. The predicted molar refractivity (Wildman–Crippen MR) is 139 cm³/mol.